The van der Waals surface area contributed by atoms with E-state index in [9.17, 15) is 4.79 Å². The van der Waals surface area contributed by atoms with Crippen molar-refractivity contribution in [1.29, 1.82) is 0 Å². The van der Waals surface area contributed by atoms with Gasteiger partial charge in [0.25, 0.3) is 0 Å². The van der Waals surface area contributed by atoms with Crippen LogP contribution in [0.25, 0.3) is 0 Å². The second kappa shape index (κ2) is 6.74. The van der Waals surface area contributed by atoms with Crippen LogP contribution in [0.15, 0.2) is 6.20 Å². The number of aliphatic carboxylic acids is 1. The van der Waals surface area contributed by atoms with E-state index in [-0.39, 0.29) is 12.4 Å². The molecule has 0 spiro atoms. The summed E-state index contributed by atoms with van der Waals surface area (Å²) in [5, 5.41) is 9.26. The first-order valence-corrected chi connectivity index (χ1v) is 7.01. The summed E-state index contributed by atoms with van der Waals surface area (Å²) in [6, 6.07) is 0.289. The number of halogens is 1. The van der Waals surface area contributed by atoms with E-state index in [4.69, 9.17) is 21.4 Å². The maximum absolute atomic E-state index is 10.7. The van der Waals surface area contributed by atoms with Crippen molar-refractivity contribution in [2.45, 2.75) is 25.7 Å². The lowest BCUT2D eigenvalue weighted by molar-refractivity contribution is -0.137. The number of methoxy groups -OCH3 is 1. The minimum atomic E-state index is -0.746. The third kappa shape index (κ3) is 3.72. The Bertz CT molecular complexity index is 484. The number of carbonyl (C=O) groups is 1. The topological polar surface area (TPSA) is 75.5 Å². The molecule has 20 heavy (non-hydrogen) atoms. The molecule has 0 amide bonds. The van der Waals surface area contributed by atoms with Gasteiger partial charge in [-0.2, -0.15) is 4.98 Å². The highest BCUT2D eigenvalue weighted by molar-refractivity contribution is 6.32. The van der Waals surface area contributed by atoms with E-state index in [0.29, 0.717) is 23.2 Å². The first-order chi connectivity index (χ1) is 9.60. The second-order valence-corrected chi connectivity index (χ2v) is 5.32. The van der Waals surface area contributed by atoms with Crippen molar-refractivity contribution in [2.24, 2.45) is 5.92 Å². The van der Waals surface area contributed by atoms with Crippen LogP contribution in [0, 0.1) is 5.92 Å². The number of hydrogen-bond donors (Lipinski definition) is 1. The number of carboxylic acids is 1. The Morgan fingerprint density at radius 3 is 3.15 bits per heavy atom. The summed E-state index contributed by atoms with van der Waals surface area (Å²) in [6.07, 6.45) is 4.48. The van der Waals surface area contributed by atoms with Crippen molar-refractivity contribution >= 4 is 23.4 Å². The number of rotatable bonds is 5. The molecule has 0 bridgehead atoms. The number of carboxylic acid groups (broad SMARTS) is 1. The van der Waals surface area contributed by atoms with E-state index in [0.717, 1.165) is 25.9 Å². The number of ether oxygens (including phenoxy) is 1. The number of piperidine rings is 1. The first-order valence-electron chi connectivity index (χ1n) is 6.63. The average Bonchev–Trinajstić information content (AvgIpc) is 2.46. The first kappa shape index (κ1) is 14.8. The summed E-state index contributed by atoms with van der Waals surface area (Å²) in [6.45, 7) is 1.64. The molecule has 1 aliphatic heterocycles. The fourth-order valence-electron chi connectivity index (χ4n) is 2.48. The molecule has 6 nitrogen and oxygen atoms in total. The highest BCUT2D eigenvalue weighted by Gasteiger charge is 2.23. The van der Waals surface area contributed by atoms with Gasteiger partial charge in [-0.15, -0.1) is 0 Å². The van der Waals surface area contributed by atoms with E-state index >= 15 is 0 Å². The maximum atomic E-state index is 10.7. The van der Waals surface area contributed by atoms with Crippen LogP contribution in [0.5, 0.6) is 6.01 Å². The Hall–Kier alpha value is -1.56. The molecule has 0 saturated carbocycles. The number of hydrogen-bond acceptors (Lipinski definition) is 5. The van der Waals surface area contributed by atoms with Crippen molar-refractivity contribution in [1.82, 2.24) is 9.97 Å². The van der Waals surface area contributed by atoms with Crippen LogP contribution in [0.4, 0.5) is 5.82 Å². The fourth-order valence-corrected chi connectivity index (χ4v) is 2.69. The lowest BCUT2D eigenvalue weighted by atomic mass is 9.93. The van der Waals surface area contributed by atoms with Gasteiger partial charge in [0.15, 0.2) is 5.82 Å². The SMILES string of the molecule is COc1ncc(Cl)c(N2CCCC(CCC(=O)O)C2)n1. The molecule has 2 rings (SSSR count). The summed E-state index contributed by atoms with van der Waals surface area (Å²) in [5.74, 6) is 0.277. The Labute approximate surface area is 122 Å². The van der Waals surface area contributed by atoms with Gasteiger partial charge >= 0.3 is 12.0 Å². The third-order valence-corrected chi connectivity index (χ3v) is 3.74. The van der Waals surface area contributed by atoms with Gasteiger partial charge in [-0.3, -0.25) is 4.79 Å². The summed E-state index contributed by atoms with van der Waals surface area (Å²) in [7, 11) is 1.51. The highest BCUT2D eigenvalue weighted by Crippen LogP contribution is 2.30. The number of anilines is 1. The minimum absolute atomic E-state index is 0.208. The van der Waals surface area contributed by atoms with Crippen molar-refractivity contribution in [3.05, 3.63) is 11.2 Å². The zero-order valence-corrected chi connectivity index (χ0v) is 12.1. The van der Waals surface area contributed by atoms with E-state index in [1.54, 1.807) is 0 Å². The molecule has 0 aromatic carbocycles. The summed E-state index contributed by atoms with van der Waals surface area (Å²) >= 11 is 6.15. The van der Waals surface area contributed by atoms with E-state index in [1.807, 2.05) is 0 Å². The second-order valence-electron chi connectivity index (χ2n) is 4.91. The van der Waals surface area contributed by atoms with Crippen molar-refractivity contribution in [3.63, 3.8) is 0 Å². The molecule has 1 aromatic rings. The van der Waals surface area contributed by atoms with Gasteiger partial charge in [-0.05, 0) is 25.2 Å². The minimum Gasteiger partial charge on any atom is -0.481 e. The van der Waals surface area contributed by atoms with Gasteiger partial charge in [-0.1, -0.05) is 11.6 Å². The predicted octanol–water partition coefficient (Wildman–Crippen LogP) is 2.22. The van der Waals surface area contributed by atoms with Crippen LogP contribution in [-0.4, -0.2) is 41.2 Å². The van der Waals surface area contributed by atoms with Gasteiger partial charge < -0.3 is 14.7 Å². The smallest absolute Gasteiger partial charge is 0.318 e. The Morgan fingerprint density at radius 2 is 2.45 bits per heavy atom. The third-order valence-electron chi connectivity index (χ3n) is 3.47. The van der Waals surface area contributed by atoms with Crippen LogP contribution < -0.4 is 9.64 Å². The monoisotopic (exact) mass is 299 g/mol. The highest BCUT2D eigenvalue weighted by atomic mass is 35.5. The van der Waals surface area contributed by atoms with Crippen molar-refractivity contribution in [3.8, 4) is 6.01 Å². The standard InChI is InChI=1S/C13H18ClN3O3/c1-20-13-15-7-10(14)12(16-13)17-6-2-3-9(8-17)4-5-11(18)19/h7,9H,2-6,8H2,1H3,(H,18,19). The molecule has 1 fully saturated rings. The normalized spacial score (nSPS) is 18.9. The molecular formula is C13H18ClN3O3. The van der Waals surface area contributed by atoms with E-state index < -0.39 is 5.97 Å². The molecule has 0 aliphatic carbocycles. The summed E-state index contributed by atoms with van der Waals surface area (Å²) in [4.78, 5) is 21.0. The molecule has 7 heteroatoms. The molecule has 2 heterocycles. The molecule has 1 unspecified atom stereocenters. The maximum Gasteiger partial charge on any atom is 0.318 e. The van der Waals surface area contributed by atoms with E-state index in [2.05, 4.69) is 14.9 Å². The summed E-state index contributed by atoms with van der Waals surface area (Å²) in [5.41, 5.74) is 0. The van der Waals surface area contributed by atoms with Crippen LogP contribution in [0.1, 0.15) is 25.7 Å². The molecule has 1 N–H and O–H groups in total. The largest absolute Gasteiger partial charge is 0.481 e. The molecular weight excluding hydrogens is 282 g/mol. The van der Waals surface area contributed by atoms with Crippen LogP contribution in [0.3, 0.4) is 0 Å². The quantitative estimate of drug-likeness (QED) is 0.898. The van der Waals surface area contributed by atoms with Gasteiger partial charge in [0, 0.05) is 19.5 Å². The Kier molecular flexibility index (Phi) is 5.00. The van der Waals surface area contributed by atoms with Gasteiger partial charge in [0.05, 0.1) is 13.3 Å². The number of nitrogens with zero attached hydrogens (tertiary/aromatic N) is 3. The molecule has 110 valence electrons. The molecule has 1 aromatic heterocycles. The lowest BCUT2D eigenvalue weighted by Crippen LogP contribution is -2.36. The van der Waals surface area contributed by atoms with Gasteiger partial charge in [0.2, 0.25) is 0 Å². The average molecular weight is 300 g/mol. The van der Waals surface area contributed by atoms with Gasteiger partial charge in [-0.25, -0.2) is 4.98 Å². The summed E-state index contributed by atoms with van der Waals surface area (Å²) < 4.78 is 5.02. The van der Waals surface area contributed by atoms with Crippen LogP contribution in [-0.2, 0) is 4.79 Å². The van der Waals surface area contributed by atoms with Crippen molar-refractivity contribution in [2.75, 3.05) is 25.1 Å². The van der Waals surface area contributed by atoms with Crippen LogP contribution >= 0.6 is 11.6 Å². The zero-order valence-electron chi connectivity index (χ0n) is 11.4. The van der Waals surface area contributed by atoms with E-state index in [1.165, 1.54) is 13.3 Å². The zero-order chi connectivity index (χ0) is 14.5. The number of aromatic nitrogens is 2. The van der Waals surface area contributed by atoms with Crippen molar-refractivity contribution < 1.29 is 14.6 Å². The Morgan fingerprint density at radius 1 is 1.65 bits per heavy atom. The lowest BCUT2D eigenvalue weighted by Gasteiger charge is -2.33. The predicted molar refractivity (Wildman–Crippen MR) is 75.4 cm³/mol. The molecule has 1 aliphatic rings. The molecule has 1 atom stereocenters. The van der Waals surface area contributed by atoms with Gasteiger partial charge in [0.1, 0.15) is 5.02 Å². The Balaban J connectivity index is 2.06. The van der Waals surface area contributed by atoms with Crippen LogP contribution in [0.2, 0.25) is 5.02 Å². The fraction of sp³-hybridized carbons (Fsp3) is 0.615. The molecule has 0 radical (unpaired) electrons. The molecule has 1 saturated heterocycles.